The fourth-order valence-electron chi connectivity index (χ4n) is 2.96. The zero-order valence-corrected chi connectivity index (χ0v) is 14.0. The van der Waals surface area contributed by atoms with Gasteiger partial charge in [-0.15, -0.1) is 0 Å². The minimum Gasteiger partial charge on any atom is -0.0149 e. The second kappa shape index (κ2) is 14.1. The van der Waals surface area contributed by atoms with Crippen LogP contribution >= 0.6 is 7.26 Å². The van der Waals surface area contributed by atoms with Gasteiger partial charge in [0.15, 0.2) is 0 Å². The van der Waals surface area contributed by atoms with E-state index in [4.69, 9.17) is 0 Å². The van der Waals surface area contributed by atoms with Crippen molar-refractivity contribution in [1.29, 1.82) is 0 Å². The Balaban J connectivity index is 0. The summed E-state index contributed by atoms with van der Waals surface area (Å²) in [5.41, 5.74) is 0. The molecule has 114 valence electrons. The Morgan fingerprint density at radius 3 is 0.889 bits per heavy atom. The van der Waals surface area contributed by atoms with Crippen LogP contribution in [0.2, 0.25) is 0 Å². The predicted molar refractivity (Wildman–Crippen MR) is 98.7 cm³/mol. The van der Waals surface area contributed by atoms with Crippen LogP contribution in [0.25, 0.3) is 0 Å². The standard InChI is InChI=1S/C16H37P.H4Si/c1-5-9-13-17(14-10-6-2,15-11-7-3)16-12-8-4;/h17H,5-16H2,1-4H3;1H4. The topological polar surface area (TPSA) is 0 Å². The van der Waals surface area contributed by atoms with Gasteiger partial charge in [0.1, 0.15) is 0 Å². The summed E-state index contributed by atoms with van der Waals surface area (Å²) in [6.45, 7) is 9.44. The number of rotatable bonds is 12. The Hall–Kier alpha value is 0.647. The maximum atomic E-state index is 2.36. The SMILES string of the molecule is CCCC[PH](CCCC)(CCCC)CCCC.[SiH4]. The second-order valence-electron chi connectivity index (χ2n) is 5.91. The maximum Gasteiger partial charge on any atom is -0.0149 e. The molecule has 0 unspecified atom stereocenters. The molecule has 0 fully saturated rings. The Morgan fingerprint density at radius 1 is 0.500 bits per heavy atom. The molecule has 0 aliphatic carbocycles. The molecule has 0 atom stereocenters. The number of hydrogen-bond acceptors (Lipinski definition) is 0. The van der Waals surface area contributed by atoms with Crippen molar-refractivity contribution >= 4 is 18.2 Å². The molecule has 0 aromatic rings. The van der Waals surface area contributed by atoms with E-state index in [0.29, 0.717) is 0 Å². The van der Waals surface area contributed by atoms with Gasteiger partial charge in [0, 0.05) is 0 Å². The molecule has 0 saturated carbocycles. The third-order valence-corrected chi connectivity index (χ3v) is 9.90. The molecule has 0 aromatic heterocycles. The minimum atomic E-state index is -0.879. The first-order chi connectivity index (χ1) is 8.24. The van der Waals surface area contributed by atoms with Crippen LogP contribution in [0.15, 0.2) is 0 Å². The molecule has 0 aromatic carbocycles. The van der Waals surface area contributed by atoms with Crippen molar-refractivity contribution in [2.45, 2.75) is 79.1 Å². The zero-order valence-electron chi connectivity index (χ0n) is 13.0. The van der Waals surface area contributed by atoms with Gasteiger partial charge in [-0.3, -0.25) is 0 Å². The molecule has 0 rings (SSSR count). The smallest absolute Gasteiger partial charge is 0.0149 e. The van der Waals surface area contributed by atoms with Gasteiger partial charge in [0.05, 0.1) is 0 Å². The monoisotopic (exact) mass is 292 g/mol. The van der Waals surface area contributed by atoms with E-state index in [-0.39, 0.29) is 11.0 Å². The quantitative estimate of drug-likeness (QED) is 0.367. The molecule has 0 aliphatic heterocycles. The Kier molecular flexibility index (Phi) is 16.4. The van der Waals surface area contributed by atoms with Crippen LogP contribution in [0.1, 0.15) is 79.1 Å². The molecule has 0 aliphatic rings. The Bertz CT molecular complexity index is 122. The van der Waals surface area contributed by atoms with Crippen LogP contribution in [0.5, 0.6) is 0 Å². The summed E-state index contributed by atoms with van der Waals surface area (Å²) in [6, 6.07) is 0. The van der Waals surface area contributed by atoms with Gasteiger partial charge < -0.3 is 0 Å². The van der Waals surface area contributed by atoms with Gasteiger partial charge in [0.2, 0.25) is 0 Å². The zero-order chi connectivity index (χ0) is 13.0. The predicted octanol–water partition coefficient (Wildman–Crippen LogP) is 4.49. The van der Waals surface area contributed by atoms with Crippen LogP contribution in [0.4, 0.5) is 0 Å². The fourth-order valence-corrected chi connectivity index (χ4v) is 8.87. The van der Waals surface area contributed by atoms with Crippen molar-refractivity contribution in [1.82, 2.24) is 0 Å². The van der Waals surface area contributed by atoms with E-state index in [1.807, 2.05) is 0 Å². The summed E-state index contributed by atoms with van der Waals surface area (Å²) >= 11 is 0. The van der Waals surface area contributed by atoms with Crippen LogP contribution in [-0.4, -0.2) is 35.6 Å². The summed E-state index contributed by atoms with van der Waals surface area (Å²) in [6.07, 6.45) is 18.1. The molecule has 0 radical (unpaired) electrons. The van der Waals surface area contributed by atoms with Crippen LogP contribution in [-0.2, 0) is 0 Å². The molecule has 0 saturated heterocycles. The maximum absolute atomic E-state index is 2.36. The molecule has 2 heteroatoms. The molecular weight excluding hydrogens is 251 g/mol. The van der Waals surface area contributed by atoms with E-state index in [9.17, 15) is 0 Å². The average Bonchev–Trinajstić information content (AvgIpc) is 2.37. The first kappa shape index (κ1) is 21.0. The molecule has 18 heavy (non-hydrogen) atoms. The molecule has 0 N–H and O–H groups in total. The van der Waals surface area contributed by atoms with Gasteiger partial charge in [-0.05, 0) is 11.0 Å². The third kappa shape index (κ3) is 9.56. The summed E-state index contributed by atoms with van der Waals surface area (Å²) in [4.78, 5) is 0. The van der Waals surface area contributed by atoms with Crippen LogP contribution in [0.3, 0.4) is 0 Å². The average molecular weight is 293 g/mol. The van der Waals surface area contributed by atoms with Crippen molar-refractivity contribution in [3.05, 3.63) is 0 Å². The molecule has 0 bridgehead atoms. The number of unbranched alkanes of at least 4 members (excludes halogenated alkanes) is 4. The first-order valence-electron chi connectivity index (χ1n) is 8.24. The van der Waals surface area contributed by atoms with Crippen molar-refractivity contribution in [3.63, 3.8) is 0 Å². The van der Waals surface area contributed by atoms with Gasteiger partial charge >= 0.3 is 111 Å². The fraction of sp³-hybridized carbons (Fsp3) is 1.00. The van der Waals surface area contributed by atoms with Gasteiger partial charge in [-0.25, -0.2) is 0 Å². The van der Waals surface area contributed by atoms with Crippen molar-refractivity contribution in [3.8, 4) is 0 Å². The van der Waals surface area contributed by atoms with E-state index in [2.05, 4.69) is 27.7 Å². The van der Waals surface area contributed by atoms with Gasteiger partial charge in [-0.1, -0.05) is 0 Å². The normalized spacial score (nSPS) is 12.2. The third-order valence-electron chi connectivity index (χ3n) is 4.24. The minimum absolute atomic E-state index is 0. The van der Waals surface area contributed by atoms with E-state index in [1.54, 1.807) is 24.6 Å². The first-order valence-corrected chi connectivity index (χ1v) is 11.1. The molecule has 0 heterocycles. The van der Waals surface area contributed by atoms with Crippen LogP contribution in [0, 0.1) is 0 Å². The Labute approximate surface area is 122 Å². The van der Waals surface area contributed by atoms with E-state index in [0.717, 1.165) is 0 Å². The summed E-state index contributed by atoms with van der Waals surface area (Å²) < 4.78 is 0. The number of hydrogen-bond donors (Lipinski definition) is 0. The van der Waals surface area contributed by atoms with Crippen molar-refractivity contribution in [2.24, 2.45) is 0 Å². The van der Waals surface area contributed by atoms with Crippen molar-refractivity contribution < 1.29 is 0 Å². The molecular formula is C16H41PSi. The van der Waals surface area contributed by atoms with E-state index >= 15 is 0 Å². The van der Waals surface area contributed by atoms with Gasteiger partial charge in [-0.2, -0.15) is 0 Å². The molecule has 0 nitrogen and oxygen atoms in total. The van der Waals surface area contributed by atoms with Crippen LogP contribution < -0.4 is 0 Å². The van der Waals surface area contributed by atoms with Gasteiger partial charge in [0.25, 0.3) is 0 Å². The summed E-state index contributed by atoms with van der Waals surface area (Å²) in [7, 11) is -0.879. The van der Waals surface area contributed by atoms with E-state index < -0.39 is 7.26 Å². The second-order valence-corrected chi connectivity index (χ2v) is 10.9. The molecule has 0 amide bonds. The Morgan fingerprint density at radius 2 is 0.722 bits per heavy atom. The summed E-state index contributed by atoms with van der Waals surface area (Å²) in [5.74, 6) is 0. The molecule has 0 spiro atoms. The largest absolute Gasteiger partial charge is 0.0149 e. The van der Waals surface area contributed by atoms with E-state index in [1.165, 1.54) is 51.4 Å². The summed E-state index contributed by atoms with van der Waals surface area (Å²) in [5, 5.41) is 0. The van der Waals surface area contributed by atoms with Crippen molar-refractivity contribution in [2.75, 3.05) is 24.6 Å².